The van der Waals surface area contributed by atoms with E-state index in [0.29, 0.717) is 11.5 Å². The molecule has 0 saturated carbocycles. The van der Waals surface area contributed by atoms with Crippen molar-refractivity contribution in [3.8, 4) is 5.69 Å². The molecule has 0 aliphatic carbocycles. The molecule has 1 N–H and O–H groups in total. The summed E-state index contributed by atoms with van der Waals surface area (Å²) < 4.78 is 2.09. The molecule has 1 amide bonds. The quantitative estimate of drug-likeness (QED) is 0.320. The third-order valence-corrected chi connectivity index (χ3v) is 6.57. The molecular formula is C27H28N4OS. The molecule has 6 heteroatoms. The third kappa shape index (κ3) is 5.34. The predicted octanol–water partition coefficient (Wildman–Crippen LogP) is 6.55. The maximum atomic E-state index is 12.6. The Balaban J connectivity index is 1.41. The molecule has 33 heavy (non-hydrogen) atoms. The highest BCUT2D eigenvalue weighted by Crippen LogP contribution is 2.27. The van der Waals surface area contributed by atoms with E-state index in [1.165, 1.54) is 11.1 Å². The number of hydrogen-bond acceptors (Lipinski definition) is 4. The Bertz CT molecular complexity index is 1240. The Hall–Kier alpha value is -3.38. The Morgan fingerprint density at radius 3 is 2.30 bits per heavy atom. The molecule has 0 atom stereocenters. The number of benzene rings is 3. The fraction of sp³-hybridized carbons (Fsp3) is 0.222. The Labute approximate surface area is 199 Å². The first-order chi connectivity index (χ1) is 15.9. The molecule has 0 spiro atoms. The van der Waals surface area contributed by atoms with E-state index in [1.54, 1.807) is 11.8 Å². The number of aryl methyl sites for hydroxylation is 2. The molecule has 0 aliphatic rings. The van der Waals surface area contributed by atoms with Crippen molar-refractivity contribution in [1.82, 2.24) is 14.8 Å². The number of carbonyl (C=O) groups excluding carboxylic acids is 1. The lowest BCUT2D eigenvalue weighted by molar-refractivity contribution is 0.102. The lowest BCUT2D eigenvalue weighted by atomic mass is 10.0. The van der Waals surface area contributed by atoms with Gasteiger partial charge in [0.15, 0.2) is 5.16 Å². The number of para-hydroxylation sites is 1. The molecule has 0 bridgehead atoms. The summed E-state index contributed by atoms with van der Waals surface area (Å²) in [7, 11) is 0. The molecule has 1 heterocycles. The number of rotatable bonds is 7. The summed E-state index contributed by atoms with van der Waals surface area (Å²) in [5.41, 5.74) is 6.08. The van der Waals surface area contributed by atoms with E-state index >= 15 is 0 Å². The van der Waals surface area contributed by atoms with Crippen LogP contribution < -0.4 is 5.32 Å². The largest absolute Gasteiger partial charge is 0.322 e. The summed E-state index contributed by atoms with van der Waals surface area (Å²) >= 11 is 1.63. The van der Waals surface area contributed by atoms with E-state index in [9.17, 15) is 4.79 Å². The zero-order chi connectivity index (χ0) is 23.4. The highest BCUT2D eigenvalue weighted by molar-refractivity contribution is 7.98. The number of nitrogens with one attached hydrogen (secondary N) is 1. The van der Waals surface area contributed by atoms with Crippen molar-refractivity contribution in [1.29, 1.82) is 0 Å². The van der Waals surface area contributed by atoms with E-state index in [2.05, 4.69) is 65.1 Å². The van der Waals surface area contributed by atoms with Crippen molar-refractivity contribution in [2.45, 2.75) is 44.5 Å². The van der Waals surface area contributed by atoms with E-state index in [-0.39, 0.29) is 5.91 Å². The number of anilines is 1. The first-order valence-corrected chi connectivity index (χ1v) is 12.0. The second-order valence-corrected chi connectivity index (χ2v) is 9.31. The van der Waals surface area contributed by atoms with Crippen LogP contribution in [-0.2, 0) is 5.75 Å². The SMILES string of the molecule is Cc1ccccc1-n1c(C)nnc1SCc1ccc(C(=O)Nc2ccc(C(C)C)cc2)cc1. The van der Waals surface area contributed by atoms with Crippen LogP contribution in [0.5, 0.6) is 0 Å². The molecular weight excluding hydrogens is 428 g/mol. The van der Waals surface area contributed by atoms with E-state index < -0.39 is 0 Å². The number of aromatic nitrogens is 3. The van der Waals surface area contributed by atoms with Crippen LogP contribution in [0, 0.1) is 13.8 Å². The van der Waals surface area contributed by atoms with Crippen LogP contribution in [0.15, 0.2) is 78.0 Å². The standard InChI is InChI=1S/C27H28N4OS/c1-18(2)22-13-15-24(16-14-22)28-26(32)23-11-9-21(10-12-23)17-33-27-30-29-20(4)31(27)25-8-6-5-7-19(25)3/h5-16,18H,17H2,1-4H3,(H,28,32). The van der Waals surface area contributed by atoms with Crippen molar-refractivity contribution >= 4 is 23.4 Å². The van der Waals surface area contributed by atoms with Crippen molar-refractivity contribution < 1.29 is 4.79 Å². The summed E-state index contributed by atoms with van der Waals surface area (Å²) in [5, 5.41) is 12.5. The summed E-state index contributed by atoms with van der Waals surface area (Å²) in [6.07, 6.45) is 0. The monoisotopic (exact) mass is 456 g/mol. The second-order valence-electron chi connectivity index (χ2n) is 8.37. The van der Waals surface area contributed by atoms with Gasteiger partial charge in [-0.05, 0) is 66.8 Å². The van der Waals surface area contributed by atoms with Gasteiger partial charge in [0.2, 0.25) is 0 Å². The van der Waals surface area contributed by atoms with E-state index in [0.717, 1.165) is 33.7 Å². The molecule has 5 nitrogen and oxygen atoms in total. The van der Waals surface area contributed by atoms with Crippen molar-refractivity contribution in [2.75, 3.05) is 5.32 Å². The predicted molar refractivity (Wildman–Crippen MR) is 135 cm³/mol. The lowest BCUT2D eigenvalue weighted by Crippen LogP contribution is -2.11. The van der Waals surface area contributed by atoms with Crippen LogP contribution in [-0.4, -0.2) is 20.7 Å². The molecule has 1 aromatic heterocycles. The smallest absolute Gasteiger partial charge is 0.255 e. The molecule has 0 radical (unpaired) electrons. The molecule has 168 valence electrons. The van der Waals surface area contributed by atoms with Gasteiger partial charge < -0.3 is 5.32 Å². The maximum Gasteiger partial charge on any atom is 0.255 e. The average Bonchev–Trinajstić information content (AvgIpc) is 3.18. The van der Waals surface area contributed by atoms with E-state index in [1.807, 2.05) is 55.5 Å². The zero-order valence-electron chi connectivity index (χ0n) is 19.4. The van der Waals surface area contributed by atoms with Gasteiger partial charge in [-0.25, -0.2) is 0 Å². The molecule has 4 rings (SSSR count). The first-order valence-electron chi connectivity index (χ1n) is 11.0. The first kappa shape index (κ1) is 22.8. The highest BCUT2D eigenvalue weighted by atomic mass is 32.2. The highest BCUT2D eigenvalue weighted by Gasteiger charge is 2.13. The van der Waals surface area contributed by atoms with Crippen molar-refractivity contribution in [2.24, 2.45) is 0 Å². The van der Waals surface area contributed by atoms with Gasteiger partial charge >= 0.3 is 0 Å². The zero-order valence-corrected chi connectivity index (χ0v) is 20.2. The number of thioether (sulfide) groups is 1. The molecule has 4 aromatic rings. The number of nitrogens with zero attached hydrogens (tertiary/aromatic N) is 3. The maximum absolute atomic E-state index is 12.6. The topological polar surface area (TPSA) is 59.8 Å². The fourth-order valence-electron chi connectivity index (χ4n) is 3.58. The number of carbonyl (C=O) groups is 1. The summed E-state index contributed by atoms with van der Waals surface area (Å²) in [6.45, 7) is 8.36. The Kier molecular flexibility index (Phi) is 6.94. The molecule has 0 saturated heterocycles. The molecule has 0 unspecified atom stereocenters. The average molecular weight is 457 g/mol. The Morgan fingerprint density at radius 1 is 0.939 bits per heavy atom. The number of hydrogen-bond donors (Lipinski definition) is 1. The van der Waals surface area contributed by atoms with Crippen LogP contribution in [0.25, 0.3) is 5.69 Å². The number of amides is 1. The lowest BCUT2D eigenvalue weighted by Gasteiger charge is -2.11. The van der Waals surface area contributed by atoms with E-state index in [4.69, 9.17) is 0 Å². The van der Waals surface area contributed by atoms with Crippen molar-refractivity contribution in [3.05, 3.63) is 101 Å². The van der Waals surface area contributed by atoms with Crippen LogP contribution in [0.1, 0.15) is 52.6 Å². The summed E-state index contributed by atoms with van der Waals surface area (Å²) in [4.78, 5) is 12.6. The van der Waals surface area contributed by atoms with Crippen molar-refractivity contribution in [3.63, 3.8) is 0 Å². The minimum Gasteiger partial charge on any atom is -0.322 e. The minimum atomic E-state index is -0.110. The Morgan fingerprint density at radius 2 is 1.64 bits per heavy atom. The second kappa shape index (κ2) is 10.0. The fourth-order valence-corrected chi connectivity index (χ4v) is 4.53. The van der Waals surface area contributed by atoms with Gasteiger partial charge in [0.25, 0.3) is 5.91 Å². The minimum absolute atomic E-state index is 0.110. The molecule has 3 aromatic carbocycles. The van der Waals surface area contributed by atoms with Gasteiger partial charge in [-0.1, -0.05) is 68.1 Å². The van der Waals surface area contributed by atoms with Gasteiger partial charge in [-0.3, -0.25) is 9.36 Å². The van der Waals surface area contributed by atoms with Crippen LogP contribution >= 0.6 is 11.8 Å². The normalized spacial score (nSPS) is 11.1. The third-order valence-electron chi connectivity index (χ3n) is 5.57. The van der Waals surface area contributed by atoms with Crippen LogP contribution in [0.2, 0.25) is 0 Å². The van der Waals surface area contributed by atoms with Gasteiger partial charge in [-0.15, -0.1) is 10.2 Å². The van der Waals surface area contributed by atoms with Gasteiger partial charge in [0.1, 0.15) is 5.82 Å². The molecule has 0 fully saturated rings. The van der Waals surface area contributed by atoms with Gasteiger partial charge in [-0.2, -0.15) is 0 Å². The summed E-state index contributed by atoms with van der Waals surface area (Å²) in [5.74, 6) is 1.96. The van der Waals surface area contributed by atoms with Crippen LogP contribution in [0.3, 0.4) is 0 Å². The van der Waals surface area contributed by atoms with Gasteiger partial charge in [0.05, 0.1) is 5.69 Å². The summed E-state index contributed by atoms with van der Waals surface area (Å²) in [6, 6.07) is 23.9. The van der Waals surface area contributed by atoms with Gasteiger partial charge in [0, 0.05) is 17.0 Å². The molecule has 0 aliphatic heterocycles. The van der Waals surface area contributed by atoms with Crippen LogP contribution in [0.4, 0.5) is 5.69 Å².